The van der Waals surface area contributed by atoms with Gasteiger partial charge in [-0.1, -0.05) is 31.3 Å². The largest absolute Gasteiger partial charge is 0.360 e. The van der Waals surface area contributed by atoms with Gasteiger partial charge in [-0.3, -0.25) is 9.69 Å². The van der Waals surface area contributed by atoms with E-state index in [-0.39, 0.29) is 22.6 Å². The Bertz CT molecular complexity index is 874. The first kappa shape index (κ1) is 23.7. The minimum atomic E-state index is -3.61. The number of nitrogens with zero attached hydrogens (tertiary/aromatic N) is 4. The lowest BCUT2D eigenvalue weighted by molar-refractivity contribution is -0.139. The van der Waals surface area contributed by atoms with Crippen molar-refractivity contribution in [3.63, 3.8) is 0 Å². The van der Waals surface area contributed by atoms with Crippen LogP contribution in [0.2, 0.25) is 0 Å². The summed E-state index contributed by atoms with van der Waals surface area (Å²) in [5, 5.41) is 3.80. The number of carbonyl (C=O) groups is 1. The number of aromatic nitrogens is 1. The number of piperidine rings is 1. The van der Waals surface area contributed by atoms with Crippen LogP contribution in [-0.2, 0) is 14.8 Å². The van der Waals surface area contributed by atoms with Crippen LogP contribution in [-0.4, -0.2) is 78.9 Å². The summed E-state index contributed by atoms with van der Waals surface area (Å²) in [5.74, 6) is 0.719. The van der Waals surface area contributed by atoms with Crippen molar-refractivity contribution in [3.05, 3.63) is 11.5 Å². The fourth-order valence-electron chi connectivity index (χ4n) is 5.83. The molecule has 2 saturated heterocycles. The molecule has 32 heavy (non-hydrogen) atoms. The highest BCUT2D eigenvalue weighted by Gasteiger charge is 2.37. The van der Waals surface area contributed by atoms with Crippen molar-refractivity contribution in [3.8, 4) is 0 Å². The second kappa shape index (κ2) is 9.81. The van der Waals surface area contributed by atoms with E-state index >= 15 is 0 Å². The number of hydrogen-bond acceptors (Lipinski definition) is 6. The molecule has 1 aliphatic carbocycles. The molecule has 1 saturated carbocycles. The molecule has 0 spiro atoms. The molecule has 1 atom stereocenters. The maximum absolute atomic E-state index is 13.2. The molecule has 0 N–H and O–H groups in total. The van der Waals surface area contributed by atoms with Gasteiger partial charge in [0.2, 0.25) is 15.9 Å². The minimum absolute atomic E-state index is 0.0693. The lowest BCUT2D eigenvalue weighted by Gasteiger charge is -2.42. The molecule has 0 bridgehead atoms. The Kier molecular flexibility index (Phi) is 7.27. The molecule has 180 valence electrons. The third-order valence-corrected chi connectivity index (χ3v) is 10.0. The molecule has 1 aromatic heterocycles. The zero-order valence-electron chi connectivity index (χ0n) is 19.8. The molecule has 0 unspecified atom stereocenters. The number of sulfonamides is 1. The van der Waals surface area contributed by atoms with E-state index in [1.54, 1.807) is 13.8 Å². The average molecular weight is 467 g/mol. The number of rotatable bonds is 5. The van der Waals surface area contributed by atoms with Gasteiger partial charge in [-0.25, -0.2) is 8.42 Å². The van der Waals surface area contributed by atoms with E-state index in [2.05, 4.69) is 10.1 Å². The van der Waals surface area contributed by atoms with E-state index in [0.717, 1.165) is 26.2 Å². The molecule has 9 heteroatoms. The van der Waals surface area contributed by atoms with Crippen molar-refractivity contribution in [1.82, 2.24) is 19.3 Å². The molecule has 3 heterocycles. The number of carbonyl (C=O) groups excluding carboxylic acids is 1. The van der Waals surface area contributed by atoms with Crippen molar-refractivity contribution in [2.45, 2.75) is 76.7 Å². The van der Waals surface area contributed by atoms with Gasteiger partial charge in [-0.2, -0.15) is 4.31 Å². The summed E-state index contributed by atoms with van der Waals surface area (Å²) < 4.78 is 32.7. The van der Waals surface area contributed by atoms with Crippen molar-refractivity contribution >= 4 is 15.9 Å². The van der Waals surface area contributed by atoms with Crippen molar-refractivity contribution in [2.75, 3.05) is 39.3 Å². The van der Waals surface area contributed by atoms with Crippen molar-refractivity contribution in [2.24, 2.45) is 11.8 Å². The Labute approximate surface area is 192 Å². The SMILES string of the molecule is Cc1noc(C)c1S(=O)(=O)N1CCC([C@H](C)C(=O)N2CCN(C3CCCCC3)CC2)CC1. The topological polar surface area (TPSA) is 87.0 Å². The highest BCUT2D eigenvalue weighted by molar-refractivity contribution is 7.89. The van der Waals surface area contributed by atoms with Gasteiger partial charge in [0, 0.05) is 51.2 Å². The summed E-state index contributed by atoms with van der Waals surface area (Å²) in [4.78, 5) is 18.0. The summed E-state index contributed by atoms with van der Waals surface area (Å²) >= 11 is 0. The molecule has 3 aliphatic rings. The number of amides is 1. The second-order valence-electron chi connectivity index (χ2n) is 9.84. The van der Waals surface area contributed by atoms with E-state index in [4.69, 9.17) is 4.52 Å². The minimum Gasteiger partial charge on any atom is -0.360 e. The number of hydrogen-bond donors (Lipinski definition) is 0. The van der Waals surface area contributed by atoms with Crippen molar-refractivity contribution in [1.29, 1.82) is 0 Å². The van der Waals surface area contributed by atoms with Crippen LogP contribution in [0.3, 0.4) is 0 Å². The fraction of sp³-hybridized carbons (Fsp3) is 0.826. The second-order valence-corrected chi connectivity index (χ2v) is 11.7. The lowest BCUT2D eigenvalue weighted by Crippen LogP contribution is -2.54. The van der Waals surface area contributed by atoms with Crippen LogP contribution >= 0.6 is 0 Å². The highest BCUT2D eigenvalue weighted by atomic mass is 32.2. The zero-order chi connectivity index (χ0) is 22.9. The molecular formula is C23H38N4O4S. The zero-order valence-corrected chi connectivity index (χ0v) is 20.6. The number of aryl methyl sites for hydroxylation is 2. The predicted molar refractivity (Wildman–Crippen MR) is 122 cm³/mol. The van der Waals surface area contributed by atoms with Crippen molar-refractivity contribution < 1.29 is 17.7 Å². The van der Waals surface area contributed by atoms with Gasteiger partial charge in [-0.15, -0.1) is 0 Å². The van der Waals surface area contributed by atoms with Gasteiger partial charge >= 0.3 is 0 Å². The van der Waals surface area contributed by atoms with Crippen LogP contribution in [0, 0.1) is 25.7 Å². The molecule has 1 amide bonds. The molecule has 3 fully saturated rings. The van der Waals surface area contributed by atoms with Gasteiger partial charge in [-0.05, 0) is 45.4 Å². The van der Waals surface area contributed by atoms with E-state index in [1.807, 2.05) is 11.8 Å². The van der Waals surface area contributed by atoms with Gasteiger partial charge in [0.1, 0.15) is 10.6 Å². The van der Waals surface area contributed by atoms with E-state index < -0.39 is 10.0 Å². The summed E-state index contributed by atoms with van der Waals surface area (Å²) in [6.45, 7) is 9.79. The fourth-order valence-corrected chi connectivity index (χ4v) is 7.59. The van der Waals surface area contributed by atoms with E-state index in [9.17, 15) is 13.2 Å². The Morgan fingerprint density at radius 1 is 0.969 bits per heavy atom. The Morgan fingerprint density at radius 3 is 2.16 bits per heavy atom. The first-order valence-corrected chi connectivity index (χ1v) is 13.7. The summed E-state index contributed by atoms with van der Waals surface area (Å²) in [6.07, 6.45) is 8.07. The molecule has 0 radical (unpaired) electrons. The molecular weight excluding hydrogens is 428 g/mol. The first-order chi connectivity index (χ1) is 15.3. The van der Waals surface area contributed by atoms with Gasteiger partial charge in [0.15, 0.2) is 5.76 Å². The van der Waals surface area contributed by atoms with Crippen LogP contribution in [0.25, 0.3) is 0 Å². The van der Waals surface area contributed by atoms with Crippen LogP contribution < -0.4 is 0 Å². The average Bonchev–Trinajstić information content (AvgIpc) is 3.17. The molecule has 1 aromatic rings. The standard InChI is InChI=1S/C23H38N4O4S/c1-17(23(28)26-15-13-25(14-16-26)21-7-5-4-6-8-21)20-9-11-27(12-10-20)32(29,30)22-18(2)24-31-19(22)3/h17,20-21H,4-16H2,1-3H3/t17-/m0/s1. The normalized spacial score (nSPS) is 24.0. The van der Waals surface area contributed by atoms with Gasteiger partial charge in [0.05, 0.1) is 0 Å². The van der Waals surface area contributed by atoms with Crippen LogP contribution in [0.15, 0.2) is 9.42 Å². The molecule has 4 rings (SSSR count). The molecule has 0 aromatic carbocycles. The monoisotopic (exact) mass is 466 g/mol. The number of piperazine rings is 1. The molecule has 8 nitrogen and oxygen atoms in total. The molecule has 2 aliphatic heterocycles. The third-order valence-electron chi connectivity index (χ3n) is 7.88. The maximum atomic E-state index is 13.2. The third kappa shape index (κ3) is 4.75. The highest BCUT2D eigenvalue weighted by Crippen LogP contribution is 2.32. The van der Waals surface area contributed by atoms with Crippen LogP contribution in [0.1, 0.15) is 63.3 Å². The van der Waals surface area contributed by atoms with Crippen LogP contribution in [0.5, 0.6) is 0 Å². The smallest absolute Gasteiger partial charge is 0.248 e. The first-order valence-electron chi connectivity index (χ1n) is 12.2. The van der Waals surface area contributed by atoms with Crippen LogP contribution in [0.4, 0.5) is 0 Å². The van der Waals surface area contributed by atoms with Gasteiger partial charge in [0.25, 0.3) is 0 Å². The maximum Gasteiger partial charge on any atom is 0.248 e. The Balaban J connectivity index is 1.29. The summed E-state index contributed by atoms with van der Waals surface area (Å²) in [7, 11) is -3.61. The summed E-state index contributed by atoms with van der Waals surface area (Å²) in [5.41, 5.74) is 0.403. The van der Waals surface area contributed by atoms with E-state index in [1.165, 1.54) is 36.4 Å². The lowest BCUT2D eigenvalue weighted by atomic mass is 9.85. The Hall–Kier alpha value is -1.45. The summed E-state index contributed by atoms with van der Waals surface area (Å²) in [6, 6.07) is 0.711. The van der Waals surface area contributed by atoms with Gasteiger partial charge < -0.3 is 9.42 Å². The predicted octanol–water partition coefficient (Wildman–Crippen LogP) is 2.81. The Morgan fingerprint density at radius 2 is 1.59 bits per heavy atom. The quantitative estimate of drug-likeness (QED) is 0.663. The van der Waals surface area contributed by atoms with E-state index in [0.29, 0.717) is 43.4 Å².